The molecule has 6 heteroatoms. The van der Waals surface area contributed by atoms with Crippen LogP contribution in [0.15, 0.2) is 54.6 Å². The second kappa shape index (κ2) is 7.87. The van der Waals surface area contributed by atoms with E-state index in [2.05, 4.69) is 0 Å². The Morgan fingerprint density at radius 1 is 1.08 bits per heavy atom. The average molecular weight is 380 g/mol. The maximum Gasteiger partial charge on any atom is 0.218 e. The molecule has 1 aliphatic heterocycles. The summed E-state index contributed by atoms with van der Waals surface area (Å²) in [6, 6.07) is 16.8. The fourth-order valence-electron chi connectivity index (χ4n) is 3.05. The molecule has 2 aromatic rings. The second-order valence-electron chi connectivity index (χ2n) is 6.45. The topological polar surface area (TPSA) is 46.6 Å². The lowest BCUT2D eigenvalue weighted by atomic mass is 10.1. The number of benzene rings is 2. The fourth-order valence-corrected chi connectivity index (χ4v) is 4.96. The standard InChI is InChI=1S/C19H22ClNO3S/c1-15-13-24-19(11-16-5-3-2-4-6-16)12-21(15)25(22,23)14-17-7-9-18(20)10-8-17/h2-10,15,19H,11-14H2,1H3. The first kappa shape index (κ1) is 18.4. The summed E-state index contributed by atoms with van der Waals surface area (Å²) in [4.78, 5) is 0. The predicted octanol–water partition coefficient (Wildman–Crippen LogP) is 3.50. The van der Waals surface area contributed by atoms with Gasteiger partial charge in [-0.05, 0) is 36.6 Å². The Hall–Kier alpha value is -1.40. The Morgan fingerprint density at radius 2 is 1.76 bits per heavy atom. The van der Waals surface area contributed by atoms with Crippen molar-refractivity contribution in [3.05, 3.63) is 70.7 Å². The van der Waals surface area contributed by atoms with Gasteiger partial charge in [0.2, 0.25) is 10.0 Å². The Bertz CT molecular complexity index is 793. The van der Waals surface area contributed by atoms with Crippen LogP contribution in [0.5, 0.6) is 0 Å². The maximum atomic E-state index is 12.9. The molecule has 0 amide bonds. The average Bonchev–Trinajstić information content (AvgIpc) is 2.59. The van der Waals surface area contributed by atoms with Crippen molar-refractivity contribution < 1.29 is 13.2 Å². The van der Waals surface area contributed by atoms with E-state index in [1.807, 2.05) is 37.3 Å². The molecule has 2 unspecified atom stereocenters. The van der Waals surface area contributed by atoms with Crippen molar-refractivity contribution in [2.75, 3.05) is 13.2 Å². The molecule has 0 saturated carbocycles. The Morgan fingerprint density at radius 3 is 2.44 bits per heavy atom. The number of hydrogen-bond donors (Lipinski definition) is 0. The zero-order chi connectivity index (χ0) is 17.9. The van der Waals surface area contributed by atoms with Crippen molar-refractivity contribution in [3.63, 3.8) is 0 Å². The third kappa shape index (κ3) is 4.82. The Labute approximate surface area is 154 Å². The summed E-state index contributed by atoms with van der Waals surface area (Å²) in [5.41, 5.74) is 1.89. The SMILES string of the molecule is CC1COC(Cc2ccccc2)CN1S(=O)(=O)Cc1ccc(Cl)cc1. The highest BCUT2D eigenvalue weighted by Gasteiger charge is 2.34. The molecule has 2 aromatic carbocycles. The molecule has 0 radical (unpaired) electrons. The van der Waals surface area contributed by atoms with E-state index < -0.39 is 10.0 Å². The summed E-state index contributed by atoms with van der Waals surface area (Å²) in [5.74, 6) is -0.0213. The van der Waals surface area contributed by atoms with Crippen molar-refractivity contribution in [1.29, 1.82) is 0 Å². The van der Waals surface area contributed by atoms with Crippen LogP contribution in [0.1, 0.15) is 18.1 Å². The molecule has 1 fully saturated rings. The van der Waals surface area contributed by atoms with Crippen LogP contribution in [-0.4, -0.2) is 38.0 Å². The van der Waals surface area contributed by atoms with Crippen molar-refractivity contribution in [3.8, 4) is 0 Å². The van der Waals surface area contributed by atoms with Crippen LogP contribution >= 0.6 is 11.6 Å². The number of halogens is 1. The Balaban J connectivity index is 1.71. The maximum absolute atomic E-state index is 12.9. The van der Waals surface area contributed by atoms with Gasteiger partial charge in [0.25, 0.3) is 0 Å². The molecule has 25 heavy (non-hydrogen) atoms. The lowest BCUT2D eigenvalue weighted by molar-refractivity contribution is -0.0265. The Kier molecular flexibility index (Phi) is 5.79. The molecule has 4 nitrogen and oxygen atoms in total. The molecule has 2 atom stereocenters. The summed E-state index contributed by atoms with van der Waals surface area (Å²) < 4.78 is 33.2. The normalized spacial score (nSPS) is 22.0. The predicted molar refractivity (Wildman–Crippen MR) is 100 cm³/mol. The van der Waals surface area contributed by atoms with E-state index in [4.69, 9.17) is 16.3 Å². The van der Waals surface area contributed by atoms with Crippen LogP contribution in [0.3, 0.4) is 0 Å². The fraction of sp³-hybridized carbons (Fsp3) is 0.368. The molecular formula is C19H22ClNO3S. The summed E-state index contributed by atoms with van der Waals surface area (Å²) in [6.07, 6.45) is 0.583. The van der Waals surface area contributed by atoms with Crippen molar-refractivity contribution in [1.82, 2.24) is 4.31 Å². The van der Waals surface area contributed by atoms with Gasteiger partial charge in [-0.1, -0.05) is 54.1 Å². The summed E-state index contributed by atoms with van der Waals surface area (Å²) in [5, 5.41) is 0.601. The van der Waals surface area contributed by atoms with Gasteiger partial charge in [-0.3, -0.25) is 0 Å². The minimum absolute atomic E-state index is 0.0213. The van der Waals surface area contributed by atoms with Gasteiger partial charge in [0.15, 0.2) is 0 Å². The molecule has 0 N–H and O–H groups in total. The van der Waals surface area contributed by atoms with Gasteiger partial charge >= 0.3 is 0 Å². The first-order valence-electron chi connectivity index (χ1n) is 8.33. The molecule has 0 aliphatic carbocycles. The zero-order valence-electron chi connectivity index (χ0n) is 14.1. The van der Waals surface area contributed by atoms with E-state index in [1.54, 1.807) is 28.6 Å². The minimum atomic E-state index is -3.41. The second-order valence-corrected chi connectivity index (χ2v) is 8.80. The third-order valence-electron chi connectivity index (χ3n) is 4.37. The molecule has 1 aliphatic rings. The van der Waals surface area contributed by atoms with Gasteiger partial charge < -0.3 is 4.74 Å². The largest absolute Gasteiger partial charge is 0.375 e. The molecule has 1 saturated heterocycles. The van der Waals surface area contributed by atoms with Gasteiger partial charge in [-0.15, -0.1) is 0 Å². The van der Waals surface area contributed by atoms with E-state index in [-0.39, 0.29) is 17.9 Å². The van der Waals surface area contributed by atoms with Crippen LogP contribution in [0.2, 0.25) is 5.02 Å². The van der Waals surface area contributed by atoms with E-state index in [0.717, 1.165) is 11.1 Å². The first-order chi connectivity index (χ1) is 11.9. The van der Waals surface area contributed by atoms with Crippen molar-refractivity contribution >= 4 is 21.6 Å². The summed E-state index contributed by atoms with van der Waals surface area (Å²) in [7, 11) is -3.41. The number of ether oxygens (including phenoxy) is 1. The highest BCUT2D eigenvalue weighted by Crippen LogP contribution is 2.22. The number of rotatable bonds is 5. The molecule has 0 aromatic heterocycles. The molecule has 3 rings (SSSR count). The van der Waals surface area contributed by atoms with Gasteiger partial charge in [0.05, 0.1) is 18.5 Å². The van der Waals surface area contributed by atoms with Crippen LogP contribution in [0.4, 0.5) is 0 Å². The van der Waals surface area contributed by atoms with Crippen LogP contribution in [-0.2, 0) is 26.9 Å². The van der Waals surface area contributed by atoms with E-state index in [9.17, 15) is 8.42 Å². The molecule has 134 valence electrons. The molecule has 0 bridgehead atoms. The first-order valence-corrected chi connectivity index (χ1v) is 10.3. The number of hydrogen-bond acceptors (Lipinski definition) is 3. The summed E-state index contributed by atoms with van der Waals surface area (Å²) >= 11 is 5.87. The highest BCUT2D eigenvalue weighted by molar-refractivity contribution is 7.88. The van der Waals surface area contributed by atoms with E-state index in [0.29, 0.717) is 24.6 Å². The quantitative estimate of drug-likeness (QED) is 0.798. The lowest BCUT2D eigenvalue weighted by Crippen LogP contribution is -2.51. The van der Waals surface area contributed by atoms with Gasteiger partial charge in [0, 0.05) is 17.6 Å². The molecule has 1 heterocycles. The molecule has 0 spiro atoms. The van der Waals surface area contributed by atoms with Crippen LogP contribution in [0.25, 0.3) is 0 Å². The van der Waals surface area contributed by atoms with Gasteiger partial charge in [-0.25, -0.2) is 8.42 Å². The van der Waals surface area contributed by atoms with Crippen molar-refractivity contribution in [2.24, 2.45) is 0 Å². The third-order valence-corrected chi connectivity index (χ3v) is 6.55. The monoisotopic (exact) mass is 379 g/mol. The lowest BCUT2D eigenvalue weighted by Gasteiger charge is -2.37. The zero-order valence-corrected chi connectivity index (χ0v) is 15.7. The van der Waals surface area contributed by atoms with E-state index in [1.165, 1.54) is 0 Å². The highest BCUT2D eigenvalue weighted by atomic mass is 35.5. The number of nitrogens with zero attached hydrogens (tertiary/aromatic N) is 1. The molecular weight excluding hydrogens is 358 g/mol. The van der Waals surface area contributed by atoms with Crippen molar-refractivity contribution in [2.45, 2.75) is 31.2 Å². The number of sulfonamides is 1. The van der Waals surface area contributed by atoms with E-state index >= 15 is 0 Å². The van der Waals surface area contributed by atoms with Gasteiger partial charge in [-0.2, -0.15) is 4.31 Å². The van der Waals surface area contributed by atoms with Crippen LogP contribution in [0, 0.1) is 0 Å². The smallest absolute Gasteiger partial charge is 0.218 e. The van der Waals surface area contributed by atoms with Gasteiger partial charge in [0.1, 0.15) is 0 Å². The summed E-state index contributed by atoms with van der Waals surface area (Å²) in [6.45, 7) is 2.68. The number of morpholine rings is 1. The van der Waals surface area contributed by atoms with Crippen LogP contribution < -0.4 is 0 Å². The minimum Gasteiger partial charge on any atom is -0.375 e.